The summed E-state index contributed by atoms with van der Waals surface area (Å²) < 4.78 is 0. The maximum atomic E-state index is 12.5. The lowest BCUT2D eigenvalue weighted by Gasteiger charge is -2.26. The Morgan fingerprint density at radius 3 is 2.71 bits per heavy atom. The molecule has 1 aliphatic rings. The van der Waals surface area contributed by atoms with Crippen LogP contribution in [0.15, 0.2) is 60.8 Å². The van der Waals surface area contributed by atoms with Crippen molar-refractivity contribution >= 4 is 34.0 Å². The van der Waals surface area contributed by atoms with Crippen molar-refractivity contribution in [3.8, 4) is 0 Å². The molecule has 24 heavy (non-hydrogen) atoms. The summed E-state index contributed by atoms with van der Waals surface area (Å²) in [6.07, 6.45) is 5.02. The number of carbonyl (C=O) groups is 1. The van der Waals surface area contributed by atoms with Gasteiger partial charge in [-0.15, -0.1) is 0 Å². The average molecular weight is 337 g/mol. The van der Waals surface area contributed by atoms with Crippen LogP contribution in [0.1, 0.15) is 22.3 Å². The van der Waals surface area contributed by atoms with Crippen molar-refractivity contribution in [1.29, 1.82) is 0 Å². The van der Waals surface area contributed by atoms with Crippen molar-refractivity contribution in [1.82, 2.24) is 9.88 Å². The van der Waals surface area contributed by atoms with Crippen LogP contribution in [0.25, 0.3) is 16.5 Å². The van der Waals surface area contributed by atoms with Crippen molar-refractivity contribution in [2.45, 2.75) is 6.42 Å². The third-order valence-corrected chi connectivity index (χ3v) is 4.74. The van der Waals surface area contributed by atoms with Gasteiger partial charge < -0.3 is 9.88 Å². The normalized spacial score (nSPS) is 14.7. The van der Waals surface area contributed by atoms with E-state index in [0.29, 0.717) is 6.54 Å². The number of rotatable bonds is 2. The van der Waals surface area contributed by atoms with Crippen molar-refractivity contribution in [3.05, 3.63) is 77.0 Å². The Morgan fingerprint density at radius 2 is 1.96 bits per heavy atom. The number of H-pyrrole nitrogens is 1. The van der Waals surface area contributed by atoms with E-state index in [1.54, 1.807) is 0 Å². The molecule has 4 rings (SSSR count). The number of halogens is 1. The number of amides is 1. The van der Waals surface area contributed by atoms with Crippen LogP contribution in [0.5, 0.6) is 0 Å². The van der Waals surface area contributed by atoms with Crippen molar-refractivity contribution < 1.29 is 4.79 Å². The summed E-state index contributed by atoms with van der Waals surface area (Å²) in [5, 5.41) is 1.87. The molecule has 1 amide bonds. The highest BCUT2D eigenvalue weighted by molar-refractivity contribution is 6.31. The number of aromatic amines is 1. The van der Waals surface area contributed by atoms with Crippen LogP contribution >= 0.6 is 11.6 Å². The van der Waals surface area contributed by atoms with Crippen molar-refractivity contribution in [2.75, 3.05) is 13.1 Å². The Bertz CT molecular complexity index is 927. The van der Waals surface area contributed by atoms with Gasteiger partial charge in [0.05, 0.1) is 0 Å². The monoisotopic (exact) mass is 336 g/mol. The molecule has 0 radical (unpaired) electrons. The summed E-state index contributed by atoms with van der Waals surface area (Å²) >= 11 is 6.13. The predicted molar refractivity (Wildman–Crippen MR) is 98.2 cm³/mol. The Hall–Kier alpha value is -2.52. The Balaban J connectivity index is 1.58. The lowest BCUT2D eigenvalue weighted by Crippen LogP contribution is -2.34. The fourth-order valence-corrected chi connectivity index (χ4v) is 3.39. The standard InChI is InChI=1S/C20H17ClN2O/c21-16-6-7-19-17(12-16)18(13-22-19)14-8-10-23(11-9-14)20(24)15-4-2-1-3-5-15/h1-8,12-13,22H,9-11H2. The maximum absolute atomic E-state index is 12.5. The van der Waals surface area contributed by atoms with E-state index in [4.69, 9.17) is 11.6 Å². The number of carbonyl (C=O) groups excluding carboxylic acids is 1. The zero-order chi connectivity index (χ0) is 16.5. The molecule has 1 N–H and O–H groups in total. The zero-order valence-corrected chi connectivity index (χ0v) is 13.9. The van der Waals surface area contributed by atoms with Crippen LogP contribution in [0.2, 0.25) is 5.02 Å². The molecule has 0 aliphatic carbocycles. The molecule has 0 unspecified atom stereocenters. The summed E-state index contributed by atoms with van der Waals surface area (Å²) in [5.74, 6) is 0.0906. The summed E-state index contributed by atoms with van der Waals surface area (Å²) in [6.45, 7) is 1.36. The number of hydrogen-bond donors (Lipinski definition) is 1. The Kier molecular flexibility index (Phi) is 3.87. The van der Waals surface area contributed by atoms with Crippen molar-refractivity contribution in [3.63, 3.8) is 0 Å². The largest absolute Gasteiger partial charge is 0.361 e. The topological polar surface area (TPSA) is 36.1 Å². The summed E-state index contributed by atoms with van der Waals surface area (Å²) in [6, 6.07) is 15.3. The van der Waals surface area contributed by atoms with E-state index in [9.17, 15) is 4.79 Å². The molecule has 2 aromatic carbocycles. The van der Waals surface area contributed by atoms with Gasteiger partial charge in [-0.2, -0.15) is 0 Å². The molecule has 2 heterocycles. The minimum absolute atomic E-state index is 0.0906. The highest BCUT2D eigenvalue weighted by atomic mass is 35.5. The van der Waals surface area contributed by atoms with Gasteiger partial charge >= 0.3 is 0 Å². The van der Waals surface area contributed by atoms with Gasteiger partial charge in [0.25, 0.3) is 5.91 Å². The van der Waals surface area contributed by atoms with Gasteiger partial charge in [0.2, 0.25) is 0 Å². The van der Waals surface area contributed by atoms with E-state index in [1.165, 1.54) is 11.1 Å². The number of aromatic nitrogens is 1. The molecular formula is C20H17ClN2O. The molecule has 3 aromatic rings. The lowest BCUT2D eigenvalue weighted by atomic mass is 9.98. The van der Waals surface area contributed by atoms with Crippen molar-refractivity contribution in [2.24, 2.45) is 0 Å². The third-order valence-electron chi connectivity index (χ3n) is 4.51. The number of fused-ring (bicyclic) bond motifs is 1. The molecule has 1 aromatic heterocycles. The number of nitrogens with zero attached hydrogens (tertiary/aromatic N) is 1. The highest BCUT2D eigenvalue weighted by Gasteiger charge is 2.20. The van der Waals surface area contributed by atoms with E-state index >= 15 is 0 Å². The Labute approximate surface area is 145 Å². The van der Waals surface area contributed by atoms with Crippen LogP contribution in [0.4, 0.5) is 0 Å². The number of nitrogens with one attached hydrogen (secondary N) is 1. The summed E-state index contributed by atoms with van der Waals surface area (Å²) in [7, 11) is 0. The van der Waals surface area contributed by atoms with Crippen LogP contribution in [0, 0.1) is 0 Å². The summed E-state index contributed by atoms with van der Waals surface area (Å²) in [4.78, 5) is 17.7. The van der Waals surface area contributed by atoms with E-state index in [-0.39, 0.29) is 5.91 Å². The van der Waals surface area contributed by atoms with E-state index in [0.717, 1.165) is 34.5 Å². The van der Waals surface area contributed by atoms with Gasteiger partial charge in [-0.3, -0.25) is 4.79 Å². The predicted octanol–water partition coefficient (Wildman–Crippen LogP) is 4.75. The van der Waals surface area contributed by atoms with Gasteiger partial charge in [0.15, 0.2) is 0 Å². The second-order valence-corrected chi connectivity index (χ2v) is 6.43. The van der Waals surface area contributed by atoms with Crippen LogP contribution < -0.4 is 0 Å². The molecule has 0 atom stereocenters. The smallest absolute Gasteiger partial charge is 0.254 e. The van der Waals surface area contributed by atoms with Gasteiger partial charge in [0, 0.05) is 46.3 Å². The highest BCUT2D eigenvalue weighted by Crippen LogP contribution is 2.31. The molecule has 4 heteroatoms. The maximum Gasteiger partial charge on any atom is 0.254 e. The minimum Gasteiger partial charge on any atom is -0.361 e. The van der Waals surface area contributed by atoms with Gasteiger partial charge in [0.1, 0.15) is 0 Å². The summed E-state index contributed by atoms with van der Waals surface area (Å²) in [5.41, 5.74) is 4.27. The zero-order valence-electron chi connectivity index (χ0n) is 13.1. The fraction of sp³-hybridized carbons (Fsp3) is 0.150. The first-order valence-corrected chi connectivity index (χ1v) is 8.40. The van der Waals surface area contributed by atoms with E-state index < -0.39 is 0 Å². The minimum atomic E-state index is 0.0906. The molecular weight excluding hydrogens is 320 g/mol. The SMILES string of the molecule is O=C(c1ccccc1)N1CC=C(c2c[nH]c3ccc(Cl)cc23)CC1. The molecule has 3 nitrogen and oxygen atoms in total. The molecule has 0 fully saturated rings. The van der Waals surface area contributed by atoms with Gasteiger partial charge in [-0.1, -0.05) is 35.9 Å². The van der Waals surface area contributed by atoms with E-state index in [1.807, 2.05) is 59.6 Å². The molecule has 0 spiro atoms. The first-order chi connectivity index (χ1) is 11.7. The third kappa shape index (κ3) is 2.72. The fourth-order valence-electron chi connectivity index (χ4n) is 3.22. The van der Waals surface area contributed by atoms with E-state index in [2.05, 4.69) is 11.1 Å². The molecule has 0 saturated heterocycles. The first-order valence-electron chi connectivity index (χ1n) is 8.03. The lowest BCUT2D eigenvalue weighted by molar-refractivity contribution is 0.0773. The quantitative estimate of drug-likeness (QED) is 0.720. The molecule has 0 saturated carbocycles. The number of benzene rings is 2. The first kappa shape index (κ1) is 15.0. The molecule has 0 bridgehead atoms. The molecule has 120 valence electrons. The Morgan fingerprint density at radius 1 is 1.12 bits per heavy atom. The average Bonchev–Trinajstić information content (AvgIpc) is 3.05. The second-order valence-electron chi connectivity index (χ2n) is 5.99. The van der Waals surface area contributed by atoms with Gasteiger partial charge in [-0.25, -0.2) is 0 Å². The second kappa shape index (κ2) is 6.17. The van der Waals surface area contributed by atoms with Crippen LogP contribution in [-0.4, -0.2) is 28.9 Å². The number of hydrogen-bond acceptors (Lipinski definition) is 1. The molecule has 1 aliphatic heterocycles. The van der Waals surface area contributed by atoms with Gasteiger partial charge in [-0.05, 0) is 42.3 Å². The van der Waals surface area contributed by atoms with Crippen LogP contribution in [0.3, 0.4) is 0 Å². The van der Waals surface area contributed by atoms with Crippen LogP contribution in [-0.2, 0) is 0 Å².